The van der Waals surface area contributed by atoms with Crippen molar-refractivity contribution in [3.05, 3.63) is 40.4 Å². The second-order valence-electron chi connectivity index (χ2n) is 5.29. The van der Waals surface area contributed by atoms with E-state index in [-0.39, 0.29) is 5.54 Å². The largest absolute Gasteiger partial charge is 0.305 e. The van der Waals surface area contributed by atoms with E-state index in [0.717, 1.165) is 11.5 Å². The Morgan fingerprint density at radius 3 is 2.63 bits per heavy atom. The molecule has 0 radical (unpaired) electrons. The van der Waals surface area contributed by atoms with Crippen molar-refractivity contribution in [1.29, 1.82) is 0 Å². The third kappa shape index (κ3) is 3.69. The first kappa shape index (κ1) is 14.3. The average molecular weight is 299 g/mol. The van der Waals surface area contributed by atoms with Gasteiger partial charge in [-0.05, 0) is 39.0 Å². The van der Waals surface area contributed by atoms with Gasteiger partial charge in [0.15, 0.2) is 0 Å². The van der Waals surface area contributed by atoms with Crippen molar-refractivity contribution in [3.8, 4) is 5.69 Å². The fourth-order valence-corrected chi connectivity index (χ4v) is 2.07. The molecule has 102 valence electrons. The monoisotopic (exact) mass is 298 g/mol. The Hall–Kier alpha value is -1.10. The zero-order valence-corrected chi connectivity index (χ0v) is 12.6. The summed E-state index contributed by atoms with van der Waals surface area (Å²) in [6.07, 6.45) is 1.52. The summed E-state index contributed by atoms with van der Waals surface area (Å²) < 4.78 is 1.72. The molecule has 2 rings (SSSR count). The van der Waals surface area contributed by atoms with Crippen LogP contribution in [0.2, 0.25) is 10.0 Å². The van der Waals surface area contributed by atoms with Gasteiger partial charge in [0.2, 0.25) is 0 Å². The van der Waals surface area contributed by atoms with Crippen molar-refractivity contribution in [2.24, 2.45) is 0 Å². The molecule has 19 heavy (non-hydrogen) atoms. The Bertz CT molecular complexity index is 572. The van der Waals surface area contributed by atoms with E-state index >= 15 is 0 Å². The van der Waals surface area contributed by atoms with E-state index in [2.05, 4.69) is 36.2 Å². The zero-order valence-electron chi connectivity index (χ0n) is 11.1. The second-order valence-corrected chi connectivity index (χ2v) is 6.13. The van der Waals surface area contributed by atoms with Crippen molar-refractivity contribution in [2.45, 2.75) is 32.9 Å². The molecule has 1 N–H and O–H groups in total. The van der Waals surface area contributed by atoms with Crippen molar-refractivity contribution in [2.75, 3.05) is 0 Å². The number of rotatable bonds is 3. The summed E-state index contributed by atoms with van der Waals surface area (Å²) in [5.41, 5.74) is 0.787. The van der Waals surface area contributed by atoms with Gasteiger partial charge < -0.3 is 5.32 Å². The Morgan fingerprint density at radius 1 is 1.26 bits per heavy atom. The molecule has 0 saturated carbocycles. The lowest BCUT2D eigenvalue weighted by Gasteiger charge is -2.20. The van der Waals surface area contributed by atoms with E-state index in [1.807, 2.05) is 6.07 Å². The molecular weight excluding hydrogens is 283 g/mol. The smallest absolute Gasteiger partial charge is 0.146 e. The van der Waals surface area contributed by atoms with E-state index in [9.17, 15) is 0 Å². The number of aromatic nitrogens is 3. The fourth-order valence-electron chi connectivity index (χ4n) is 1.58. The first-order valence-electron chi connectivity index (χ1n) is 5.96. The van der Waals surface area contributed by atoms with Gasteiger partial charge >= 0.3 is 0 Å². The van der Waals surface area contributed by atoms with Crippen LogP contribution in [0.4, 0.5) is 0 Å². The standard InChI is InChI=1S/C13H16Cl2N4/c1-13(2,3)17-7-12-16-8-18-19(12)11-5-4-9(14)6-10(11)15/h4-6,8,17H,7H2,1-3H3. The lowest BCUT2D eigenvalue weighted by atomic mass is 10.1. The van der Waals surface area contributed by atoms with Gasteiger partial charge in [-0.3, -0.25) is 0 Å². The number of benzene rings is 1. The van der Waals surface area contributed by atoms with Crippen LogP contribution in [0.15, 0.2) is 24.5 Å². The Kier molecular flexibility index (Phi) is 4.13. The van der Waals surface area contributed by atoms with Gasteiger partial charge in [0.05, 0.1) is 17.3 Å². The number of hydrogen-bond donors (Lipinski definition) is 1. The van der Waals surface area contributed by atoms with Crippen LogP contribution < -0.4 is 5.32 Å². The predicted molar refractivity (Wildman–Crippen MR) is 78.0 cm³/mol. The number of hydrogen-bond acceptors (Lipinski definition) is 3. The highest BCUT2D eigenvalue weighted by molar-refractivity contribution is 6.35. The molecular formula is C13H16Cl2N4. The van der Waals surface area contributed by atoms with E-state index in [1.54, 1.807) is 16.8 Å². The van der Waals surface area contributed by atoms with Gasteiger partial charge in [-0.25, -0.2) is 9.67 Å². The van der Waals surface area contributed by atoms with Crippen LogP contribution >= 0.6 is 23.2 Å². The fraction of sp³-hybridized carbons (Fsp3) is 0.385. The highest BCUT2D eigenvalue weighted by Crippen LogP contribution is 2.24. The number of halogens is 2. The van der Waals surface area contributed by atoms with Crippen LogP contribution in [0.25, 0.3) is 5.69 Å². The van der Waals surface area contributed by atoms with Crippen molar-refractivity contribution in [3.63, 3.8) is 0 Å². The molecule has 0 aliphatic rings. The maximum atomic E-state index is 6.19. The second kappa shape index (κ2) is 5.49. The van der Waals surface area contributed by atoms with E-state index in [1.165, 1.54) is 6.33 Å². The molecule has 1 aromatic carbocycles. The molecule has 1 aromatic heterocycles. The molecule has 1 heterocycles. The minimum absolute atomic E-state index is 0.0145. The van der Waals surface area contributed by atoms with E-state index in [0.29, 0.717) is 16.6 Å². The van der Waals surface area contributed by atoms with Crippen LogP contribution in [-0.2, 0) is 6.54 Å². The van der Waals surface area contributed by atoms with Crippen LogP contribution in [0, 0.1) is 0 Å². The van der Waals surface area contributed by atoms with Gasteiger partial charge in [-0.2, -0.15) is 5.10 Å². The quantitative estimate of drug-likeness (QED) is 0.943. The normalized spacial score (nSPS) is 11.8. The van der Waals surface area contributed by atoms with Gasteiger partial charge in [0.1, 0.15) is 12.2 Å². The first-order valence-corrected chi connectivity index (χ1v) is 6.72. The summed E-state index contributed by atoms with van der Waals surface area (Å²) >= 11 is 12.1. The summed E-state index contributed by atoms with van der Waals surface area (Å²) in [5.74, 6) is 0.805. The Labute approximate surface area is 122 Å². The van der Waals surface area contributed by atoms with Crippen LogP contribution in [-0.4, -0.2) is 20.3 Å². The molecule has 0 aliphatic carbocycles. The highest BCUT2D eigenvalue weighted by atomic mass is 35.5. The minimum atomic E-state index is 0.0145. The molecule has 6 heteroatoms. The molecule has 0 spiro atoms. The third-order valence-electron chi connectivity index (χ3n) is 2.53. The van der Waals surface area contributed by atoms with Crippen LogP contribution in [0.1, 0.15) is 26.6 Å². The minimum Gasteiger partial charge on any atom is -0.305 e. The summed E-state index contributed by atoms with van der Waals surface area (Å²) in [7, 11) is 0. The highest BCUT2D eigenvalue weighted by Gasteiger charge is 2.14. The molecule has 4 nitrogen and oxygen atoms in total. The lowest BCUT2D eigenvalue weighted by Crippen LogP contribution is -2.35. The Morgan fingerprint density at radius 2 is 2.00 bits per heavy atom. The maximum absolute atomic E-state index is 6.19. The maximum Gasteiger partial charge on any atom is 0.146 e. The molecule has 0 saturated heterocycles. The van der Waals surface area contributed by atoms with Gasteiger partial charge in [0.25, 0.3) is 0 Å². The molecule has 2 aromatic rings. The number of nitrogens with one attached hydrogen (secondary N) is 1. The van der Waals surface area contributed by atoms with Crippen molar-refractivity contribution in [1.82, 2.24) is 20.1 Å². The molecule has 0 bridgehead atoms. The summed E-state index contributed by atoms with van der Waals surface area (Å²) in [6.45, 7) is 6.91. The van der Waals surface area contributed by atoms with Gasteiger partial charge in [-0.15, -0.1) is 0 Å². The third-order valence-corrected chi connectivity index (χ3v) is 3.07. The van der Waals surface area contributed by atoms with Crippen LogP contribution in [0.5, 0.6) is 0 Å². The van der Waals surface area contributed by atoms with Gasteiger partial charge in [-0.1, -0.05) is 23.2 Å². The topological polar surface area (TPSA) is 42.7 Å². The summed E-state index contributed by atoms with van der Waals surface area (Å²) in [4.78, 5) is 4.26. The SMILES string of the molecule is CC(C)(C)NCc1ncnn1-c1ccc(Cl)cc1Cl. The average Bonchev–Trinajstić information content (AvgIpc) is 2.73. The number of nitrogens with zero attached hydrogens (tertiary/aromatic N) is 3. The Balaban J connectivity index is 2.28. The van der Waals surface area contributed by atoms with Crippen molar-refractivity contribution < 1.29 is 0 Å². The predicted octanol–water partition coefficient (Wildman–Crippen LogP) is 3.46. The zero-order chi connectivity index (χ0) is 14.0. The van der Waals surface area contributed by atoms with E-state index < -0.39 is 0 Å². The van der Waals surface area contributed by atoms with E-state index in [4.69, 9.17) is 23.2 Å². The molecule has 0 atom stereocenters. The molecule has 0 unspecified atom stereocenters. The van der Waals surface area contributed by atoms with Gasteiger partial charge in [0, 0.05) is 10.6 Å². The summed E-state index contributed by atoms with van der Waals surface area (Å²) in [6, 6.07) is 5.31. The molecule has 0 aliphatic heterocycles. The lowest BCUT2D eigenvalue weighted by molar-refractivity contribution is 0.415. The van der Waals surface area contributed by atoms with Crippen molar-refractivity contribution >= 4 is 23.2 Å². The first-order chi connectivity index (χ1) is 8.87. The molecule has 0 fully saturated rings. The summed E-state index contributed by atoms with van der Waals surface area (Å²) in [5, 5.41) is 8.74. The van der Waals surface area contributed by atoms with Crippen LogP contribution in [0.3, 0.4) is 0 Å². The molecule has 0 amide bonds.